The lowest BCUT2D eigenvalue weighted by atomic mass is 9.93. The molecule has 7 nitrogen and oxygen atoms in total. The van der Waals surface area contributed by atoms with Crippen molar-refractivity contribution >= 4 is 17.6 Å². The van der Waals surface area contributed by atoms with Gasteiger partial charge in [-0.2, -0.15) is 5.10 Å². The first-order valence-corrected chi connectivity index (χ1v) is 8.58. The number of aryl methyl sites for hydroxylation is 1. The van der Waals surface area contributed by atoms with Gasteiger partial charge >= 0.3 is 0 Å². The molecule has 1 unspecified atom stereocenters. The summed E-state index contributed by atoms with van der Waals surface area (Å²) in [6, 6.07) is 0.252. The summed E-state index contributed by atoms with van der Waals surface area (Å²) in [5.74, 6) is 1.16. The van der Waals surface area contributed by atoms with E-state index in [0.29, 0.717) is 5.76 Å². The smallest absolute Gasteiger partial charge is 0.290 e. The zero-order chi connectivity index (χ0) is 17.3. The van der Waals surface area contributed by atoms with Crippen molar-refractivity contribution in [1.82, 2.24) is 4.90 Å². The van der Waals surface area contributed by atoms with Gasteiger partial charge < -0.3 is 20.8 Å². The van der Waals surface area contributed by atoms with Crippen molar-refractivity contribution in [2.24, 2.45) is 21.7 Å². The van der Waals surface area contributed by atoms with Crippen molar-refractivity contribution in [2.45, 2.75) is 58.4 Å². The highest BCUT2D eigenvalue weighted by molar-refractivity contribution is 6.06. The van der Waals surface area contributed by atoms with E-state index in [0.717, 1.165) is 61.2 Å². The van der Waals surface area contributed by atoms with Crippen LogP contribution in [0.1, 0.15) is 66.5 Å². The van der Waals surface area contributed by atoms with E-state index in [1.165, 1.54) is 6.42 Å². The lowest BCUT2D eigenvalue weighted by molar-refractivity contribution is 0.0600. The Morgan fingerprint density at radius 2 is 2.04 bits per heavy atom. The molecule has 2 heterocycles. The molecule has 0 saturated carbocycles. The Balaban J connectivity index is 1.96. The maximum atomic E-state index is 12.9. The number of hydrogen-bond donors (Lipinski definition) is 2. The fraction of sp³-hybridized carbons (Fsp3) is 0.588. The summed E-state index contributed by atoms with van der Waals surface area (Å²) in [4.78, 5) is 14.9. The van der Waals surface area contributed by atoms with E-state index in [9.17, 15) is 4.79 Å². The largest absolute Gasteiger partial charge is 0.455 e. The van der Waals surface area contributed by atoms with Crippen LogP contribution in [-0.4, -0.2) is 35.1 Å². The quantitative estimate of drug-likeness (QED) is 0.490. The van der Waals surface area contributed by atoms with Crippen LogP contribution < -0.4 is 11.5 Å². The third-order valence-corrected chi connectivity index (χ3v) is 4.87. The molecule has 7 heteroatoms. The monoisotopic (exact) mass is 331 g/mol. The Labute approximate surface area is 141 Å². The molecule has 3 rings (SSSR count). The van der Waals surface area contributed by atoms with Gasteiger partial charge in [-0.3, -0.25) is 4.79 Å². The Morgan fingerprint density at radius 1 is 1.25 bits per heavy atom. The van der Waals surface area contributed by atoms with Gasteiger partial charge in [0, 0.05) is 30.1 Å². The van der Waals surface area contributed by atoms with E-state index in [1.807, 2.05) is 11.8 Å². The second-order valence-electron chi connectivity index (χ2n) is 6.62. The van der Waals surface area contributed by atoms with Crippen molar-refractivity contribution in [3.8, 4) is 0 Å². The lowest BCUT2D eigenvalue weighted by Crippen LogP contribution is -2.42. The average Bonchev–Trinajstić information content (AvgIpc) is 2.90. The Hall–Kier alpha value is -2.31. The number of piperidine rings is 1. The summed E-state index contributed by atoms with van der Waals surface area (Å²) >= 11 is 0. The summed E-state index contributed by atoms with van der Waals surface area (Å²) in [5.41, 5.74) is 13.3. The number of guanidine groups is 1. The normalized spacial score (nSPS) is 22.3. The molecule has 1 aromatic rings. The van der Waals surface area contributed by atoms with E-state index in [4.69, 9.17) is 15.9 Å². The number of carbonyl (C=O) groups is 1. The topological polar surface area (TPSA) is 110 Å². The second-order valence-corrected chi connectivity index (χ2v) is 6.62. The van der Waals surface area contributed by atoms with Crippen LogP contribution in [-0.2, 0) is 6.42 Å². The molecule has 0 spiro atoms. The molecule has 1 atom stereocenters. The molecule has 4 N–H and O–H groups in total. The second kappa shape index (κ2) is 6.67. The van der Waals surface area contributed by atoms with E-state index in [-0.39, 0.29) is 17.9 Å². The van der Waals surface area contributed by atoms with E-state index < -0.39 is 0 Å². The van der Waals surface area contributed by atoms with Crippen LogP contribution in [0.3, 0.4) is 0 Å². The minimum Gasteiger partial charge on any atom is -0.455 e. The first kappa shape index (κ1) is 16.5. The van der Waals surface area contributed by atoms with Gasteiger partial charge in [0.25, 0.3) is 5.91 Å². The maximum absolute atomic E-state index is 12.9. The molecule has 0 radical (unpaired) electrons. The molecule has 1 saturated heterocycles. The number of nitrogens with two attached hydrogens (primary N) is 2. The van der Waals surface area contributed by atoms with Gasteiger partial charge in [-0.15, -0.1) is 5.10 Å². The number of hydrogen-bond acceptors (Lipinski definition) is 4. The number of carbonyl (C=O) groups excluding carboxylic acids is 1. The van der Waals surface area contributed by atoms with Gasteiger partial charge in [-0.1, -0.05) is 0 Å². The molecular formula is C17H25N5O2. The van der Waals surface area contributed by atoms with Crippen molar-refractivity contribution in [1.29, 1.82) is 0 Å². The fourth-order valence-corrected chi connectivity index (χ4v) is 3.62. The molecule has 1 aliphatic heterocycles. The maximum Gasteiger partial charge on any atom is 0.290 e. The number of nitrogens with zero attached hydrogens (tertiary/aromatic N) is 3. The molecule has 0 aromatic carbocycles. The highest BCUT2D eigenvalue weighted by Gasteiger charge is 2.32. The molecule has 130 valence electrons. The molecule has 1 amide bonds. The first-order chi connectivity index (χ1) is 11.5. The number of rotatable bonds is 2. The van der Waals surface area contributed by atoms with Crippen LogP contribution in [0.25, 0.3) is 0 Å². The van der Waals surface area contributed by atoms with Gasteiger partial charge in [0.2, 0.25) is 5.96 Å². The molecule has 1 fully saturated rings. The minimum atomic E-state index is -0.0748. The van der Waals surface area contributed by atoms with Crippen LogP contribution in [0, 0.1) is 6.92 Å². The van der Waals surface area contributed by atoms with Gasteiger partial charge in [-0.25, -0.2) is 0 Å². The van der Waals surface area contributed by atoms with Crippen LogP contribution in [0.5, 0.6) is 0 Å². The molecule has 1 aromatic heterocycles. The Bertz CT molecular complexity index is 700. The highest BCUT2D eigenvalue weighted by Crippen LogP contribution is 2.31. The van der Waals surface area contributed by atoms with E-state index in [2.05, 4.69) is 17.1 Å². The van der Waals surface area contributed by atoms with Crippen molar-refractivity contribution in [3.05, 3.63) is 22.6 Å². The Kier molecular flexibility index (Phi) is 4.59. The van der Waals surface area contributed by atoms with Gasteiger partial charge in [0.15, 0.2) is 5.76 Å². The molecule has 0 bridgehead atoms. The standard InChI is InChI=1S/C17H25N5O2/c1-10-6-3-4-9-22(10)16(23)15-11(2)14-12(20-21-17(18)19)7-5-8-13(14)24-15/h10H,3-9H2,1-2H3,(H4,18,19,21)/b20-12+. The fourth-order valence-electron chi connectivity index (χ4n) is 3.62. The average molecular weight is 331 g/mol. The summed E-state index contributed by atoms with van der Waals surface area (Å²) in [5, 5.41) is 7.92. The molecule has 24 heavy (non-hydrogen) atoms. The molecular weight excluding hydrogens is 306 g/mol. The Morgan fingerprint density at radius 3 is 2.75 bits per heavy atom. The number of amides is 1. The van der Waals surface area contributed by atoms with Gasteiger partial charge in [-0.05, 0) is 46.0 Å². The predicted octanol–water partition coefficient (Wildman–Crippen LogP) is 1.92. The zero-order valence-corrected chi connectivity index (χ0v) is 14.3. The summed E-state index contributed by atoms with van der Waals surface area (Å²) in [7, 11) is 0. The lowest BCUT2D eigenvalue weighted by Gasteiger charge is -2.32. The highest BCUT2D eigenvalue weighted by atomic mass is 16.4. The van der Waals surface area contributed by atoms with E-state index >= 15 is 0 Å². The summed E-state index contributed by atoms with van der Waals surface area (Å²) in [6.07, 6.45) is 5.76. The molecule has 2 aliphatic rings. The van der Waals surface area contributed by atoms with Crippen molar-refractivity contribution in [2.75, 3.05) is 6.54 Å². The van der Waals surface area contributed by atoms with Crippen molar-refractivity contribution in [3.63, 3.8) is 0 Å². The number of furan rings is 1. The van der Waals surface area contributed by atoms with E-state index in [1.54, 1.807) is 0 Å². The SMILES string of the molecule is Cc1c(C(=O)N2CCCCC2C)oc2c1/C(=N/N=C(N)N)CCC2. The zero-order valence-electron chi connectivity index (χ0n) is 14.3. The summed E-state index contributed by atoms with van der Waals surface area (Å²) in [6.45, 7) is 4.81. The minimum absolute atomic E-state index is 0.0182. The molecule has 1 aliphatic carbocycles. The number of fused-ring (bicyclic) bond motifs is 1. The van der Waals surface area contributed by atoms with Crippen LogP contribution in [0.15, 0.2) is 14.6 Å². The third kappa shape index (κ3) is 3.02. The van der Waals surface area contributed by atoms with Crippen LogP contribution in [0.4, 0.5) is 0 Å². The summed E-state index contributed by atoms with van der Waals surface area (Å²) < 4.78 is 5.95. The third-order valence-electron chi connectivity index (χ3n) is 4.87. The van der Waals surface area contributed by atoms with Crippen molar-refractivity contribution < 1.29 is 9.21 Å². The van der Waals surface area contributed by atoms with Crippen LogP contribution in [0.2, 0.25) is 0 Å². The van der Waals surface area contributed by atoms with Gasteiger partial charge in [0.1, 0.15) is 5.76 Å². The first-order valence-electron chi connectivity index (χ1n) is 8.58. The number of likely N-dealkylation sites (tertiary alicyclic amines) is 1. The van der Waals surface area contributed by atoms with Crippen LogP contribution >= 0.6 is 0 Å². The predicted molar refractivity (Wildman–Crippen MR) is 93.1 cm³/mol. The van der Waals surface area contributed by atoms with Gasteiger partial charge in [0.05, 0.1) is 5.71 Å².